The number of benzene rings is 1. The fourth-order valence-corrected chi connectivity index (χ4v) is 3.95. The number of rotatable bonds is 6. The molecule has 0 saturated carbocycles. The van der Waals surface area contributed by atoms with Gasteiger partial charge in [0.1, 0.15) is 9.88 Å². The minimum Gasteiger partial charge on any atom is -0.462 e. The first-order chi connectivity index (χ1) is 12.6. The van der Waals surface area contributed by atoms with Crippen LogP contribution in [0.15, 0.2) is 41.1 Å². The molecule has 2 aromatic heterocycles. The third-order valence-electron chi connectivity index (χ3n) is 3.59. The molecule has 0 bridgehead atoms. The Balaban J connectivity index is 1.69. The van der Waals surface area contributed by atoms with E-state index in [0.717, 1.165) is 17.0 Å². The molecule has 5 nitrogen and oxygen atoms in total. The Hall–Kier alpha value is -2.51. The topological polar surface area (TPSA) is 68.3 Å². The van der Waals surface area contributed by atoms with Crippen molar-refractivity contribution >= 4 is 40.2 Å². The van der Waals surface area contributed by atoms with Crippen molar-refractivity contribution in [2.24, 2.45) is 0 Å². The predicted molar refractivity (Wildman–Crippen MR) is 105 cm³/mol. The molecule has 0 atom stereocenters. The summed E-state index contributed by atoms with van der Waals surface area (Å²) in [5.41, 5.74) is 2.81. The zero-order valence-corrected chi connectivity index (χ0v) is 16.1. The second kappa shape index (κ2) is 8.25. The third-order valence-corrected chi connectivity index (χ3v) is 5.48. The summed E-state index contributed by atoms with van der Waals surface area (Å²) < 4.78 is 5.09. The molecule has 0 aliphatic heterocycles. The van der Waals surface area contributed by atoms with E-state index in [9.17, 15) is 9.59 Å². The number of carbonyl (C=O) groups is 2. The van der Waals surface area contributed by atoms with Gasteiger partial charge < -0.3 is 10.1 Å². The minimum absolute atomic E-state index is 0.206. The van der Waals surface area contributed by atoms with Crippen molar-refractivity contribution in [3.63, 3.8) is 0 Å². The highest BCUT2D eigenvalue weighted by Crippen LogP contribution is 2.29. The first kappa shape index (κ1) is 18.3. The van der Waals surface area contributed by atoms with Crippen LogP contribution in [0.2, 0.25) is 0 Å². The van der Waals surface area contributed by atoms with Crippen molar-refractivity contribution in [3.8, 4) is 10.6 Å². The molecule has 1 N–H and O–H groups in total. The quantitative estimate of drug-likeness (QED) is 0.605. The fraction of sp³-hybridized carbons (Fsp3) is 0.211. The summed E-state index contributed by atoms with van der Waals surface area (Å²) in [5, 5.41) is 7.68. The summed E-state index contributed by atoms with van der Waals surface area (Å²) >= 11 is 2.97. The zero-order chi connectivity index (χ0) is 18.5. The van der Waals surface area contributed by atoms with E-state index in [-0.39, 0.29) is 11.9 Å². The van der Waals surface area contributed by atoms with Gasteiger partial charge in [0, 0.05) is 16.6 Å². The Labute approximate surface area is 159 Å². The van der Waals surface area contributed by atoms with Gasteiger partial charge in [-0.05, 0) is 49.1 Å². The average Bonchev–Trinajstić information content (AvgIpc) is 3.29. The molecule has 1 aromatic carbocycles. The number of hydrogen-bond acceptors (Lipinski definition) is 6. The second-order valence-electron chi connectivity index (χ2n) is 5.61. The van der Waals surface area contributed by atoms with Gasteiger partial charge in [-0.2, -0.15) is 11.3 Å². The van der Waals surface area contributed by atoms with Crippen LogP contribution in [-0.4, -0.2) is 23.5 Å². The van der Waals surface area contributed by atoms with Crippen LogP contribution >= 0.6 is 22.7 Å². The molecule has 1 amide bonds. The van der Waals surface area contributed by atoms with Crippen molar-refractivity contribution in [3.05, 3.63) is 57.2 Å². The summed E-state index contributed by atoms with van der Waals surface area (Å²) in [6.07, 6.45) is 0.779. The van der Waals surface area contributed by atoms with Crippen molar-refractivity contribution in [2.75, 3.05) is 11.9 Å². The third kappa shape index (κ3) is 4.17. The van der Waals surface area contributed by atoms with Crippen molar-refractivity contribution < 1.29 is 14.3 Å². The minimum atomic E-state index is -0.358. The number of carbonyl (C=O) groups excluding carboxylic acids is 2. The molecule has 0 saturated heterocycles. The predicted octanol–water partition coefficient (Wildman–Crippen LogP) is 5.00. The van der Waals surface area contributed by atoms with Crippen LogP contribution in [0, 0.1) is 6.92 Å². The molecule has 0 aliphatic carbocycles. The molecule has 0 unspecified atom stereocenters. The van der Waals surface area contributed by atoms with Crippen LogP contribution in [0.25, 0.3) is 10.6 Å². The second-order valence-corrected chi connectivity index (χ2v) is 7.39. The van der Waals surface area contributed by atoms with Gasteiger partial charge in [0.25, 0.3) is 5.91 Å². The summed E-state index contributed by atoms with van der Waals surface area (Å²) in [7, 11) is 0. The van der Waals surface area contributed by atoms with E-state index in [2.05, 4.69) is 10.3 Å². The number of aryl methyl sites for hydroxylation is 1. The molecule has 7 heteroatoms. The van der Waals surface area contributed by atoms with Crippen LogP contribution in [0.3, 0.4) is 0 Å². The van der Waals surface area contributed by atoms with E-state index in [1.54, 1.807) is 35.6 Å². The van der Waals surface area contributed by atoms with Crippen LogP contribution in [0.5, 0.6) is 0 Å². The van der Waals surface area contributed by atoms with Crippen LogP contribution < -0.4 is 5.32 Å². The Morgan fingerprint density at radius 1 is 1.19 bits per heavy atom. The molecule has 3 aromatic rings. The normalized spacial score (nSPS) is 10.5. The van der Waals surface area contributed by atoms with E-state index >= 15 is 0 Å². The van der Waals surface area contributed by atoms with Gasteiger partial charge in [0.15, 0.2) is 0 Å². The lowest BCUT2D eigenvalue weighted by Crippen LogP contribution is -2.12. The van der Waals surface area contributed by atoms with Crippen LogP contribution in [-0.2, 0) is 4.74 Å². The first-order valence-corrected chi connectivity index (χ1v) is 9.93. The van der Waals surface area contributed by atoms with Crippen LogP contribution in [0.1, 0.15) is 39.1 Å². The fourth-order valence-electron chi connectivity index (χ4n) is 2.27. The number of ether oxygens (including phenoxy) is 1. The van der Waals surface area contributed by atoms with E-state index in [1.807, 2.05) is 30.7 Å². The average molecular weight is 386 g/mol. The van der Waals surface area contributed by atoms with Crippen molar-refractivity contribution in [1.82, 2.24) is 4.98 Å². The maximum absolute atomic E-state index is 12.5. The van der Waals surface area contributed by atoms with Gasteiger partial charge >= 0.3 is 5.97 Å². The number of nitrogens with one attached hydrogen (secondary N) is 1. The number of hydrogen-bond donors (Lipinski definition) is 1. The Morgan fingerprint density at radius 3 is 2.62 bits per heavy atom. The number of esters is 1. The molecule has 26 heavy (non-hydrogen) atoms. The molecule has 0 spiro atoms. The van der Waals surface area contributed by atoms with Gasteiger partial charge in [-0.25, -0.2) is 9.78 Å². The Bertz CT molecular complexity index is 900. The molecule has 3 rings (SSSR count). The highest BCUT2D eigenvalue weighted by atomic mass is 32.1. The lowest BCUT2D eigenvalue weighted by molar-refractivity contribution is 0.0505. The number of anilines is 1. The molecule has 134 valence electrons. The maximum Gasteiger partial charge on any atom is 0.338 e. The number of nitrogens with zero attached hydrogens (tertiary/aromatic N) is 1. The highest BCUT2D eigenvalue weighted by molar-refractivity contribution is 7.17. The summed E-state index contributed by atoms with van der Waals surface area (Å²) in [4.78, 5) is 29.4. The first-order valence-electron chi connectivity index (χ1n) is 8.17. The smallest absolute Gasteiger partial charge is 0.338 e. The monoisotopic (exact) mass is 386 g/mol. The summed E-state index contributed by atoms with van der Waals surface area (Å²) in [5.74, 6) is -0.564. The van der Waals surface area contributed by atoms with Gasteiger partial charge in [-0.1, -0.05) is 6.92 Å². The van der Waals surface area contributed by atoms with Gasteiger partial charge in [-0.3, -0.25) is 4.79 Å². The van der Waals surface area contributed by atoms with E-state index in [0.29, 0.717) is 28.4 Å². The van der Waals surface area contributed by atoms with E-state index in [1.165, 1.54) is 11.3 Å². The number of thiazole rings is 1. The van der Waals surface area contributed by atoms with Crippen LogP contribution in [0.4, 0.5) is 5.69 Å². The Kier molecular flexibility index (Phi) is 5.80. The summed E-state index contributed by atoms with van der Waals surface area (Å²) in [6, 6.07) is 8.65. The molecule has 0 fully saturated rings. The molecule has 2 heterocycles. The SMILES string of the molecule is CCCOC(=O)c1ccc(NC(=O)c2sc(-c3ccsc3)nc2C)cc1. The van der Waals surface area contributed by atoms with E-state index < -0.39 is 0 Å². The van der Waals surface area contributed by atoms with Crippen molar-refractivity contribution in [1.29, 1.82) is 0 Å². The Morgan fingerprint density at radius 2 is 1.96 bits per heavy atom. The largest absolute Gasteiger partial charge is 0.462 e. The number of amides is 1. The van der Waals surface area contributed by atoms with Gasteiger partial charge in [0.2, 0.25) is 0 Å². The van der Waals surface area contributed by atoms with E-state index in [4.69, 9.17) is 4.74 Å². The molecular weight excluding hydrogens is 368 g/mol. The lowest BCUT2D eigenvalue weighted by atomic mass is 10.2. The molecular formula is C19H18N2O3S2. The number of aromatic nitrogens is 1. The highest BCUT2D eigenvalue weighted by Gasteiger charge is 2.17. The maximum atomic E-state index is 12.5. The standard InChI is InChI=1S/C19H18N2O3S2/c1-3-9-24-19(23)13-4-6-15(7-5-13)21-17(22)16-12(2)20-18(26-16)14-8-10-25-11-14/h4-8,10-11H,3,9H2,1-2H3,(H,21,22). The van der Waals surface area contributed by atoms with Crippen molar-refractivity contribution in [2.45, 2.75) is 20.3 Å². The lowest BCUT2D eigenvalue weighted by Gasteiger charge is -2.06. The summed E-state index contributed by atoms with van der Waals surface area (Å²) in [6.45, 7) is 4.17. The zero-order valence-electron chi connectivity index (χ0n) is 14.4. The van der Waals surface area contributed by atoms with Gasteiger partial charge in [-0.15, -0.1) is 11.3 Å². The molecule has 0 radical (unpaired) electrons. The molecule has 0 aliphatic rings. The number of thiophene rings is 1. The van der Waals surface area contributed by atoms with Gasteiger partial charge in [0.05, 0.1) is 17.9 Å².